The highest BCUT2D eigenvalue weighted by atomic mass is 16.3. The van der Waals surface area contributed by atoms with Crippen LogP contribution in [-0.4, -0.2) is 39.3 Å². The molecule has 0 spiro atoms. The number of benzene rings is 1. The fraction of sp³-hybridized carbons (Fsp3) is 0.312. The van der Waals surface area contributed by atoms with Gasteiger partial charge >= 0.3 is 0 Å². The maximum absolute atomic E-state index is 12.5. The van der Waals surface area contributed by atoms with Crippen LogP contribution in [0.15, 0.2) is 42.7 Å². The number of carbonyl (C=O) groups is 1. The van der Waals surface area contributed by atoms with Gasteiger partial charge in [-0.1, -0.05) is 29.8 Å². The summed E-state index contributed by atoms with van der Waals surface area (Å²) in [5.41, 5.74) is 2.76. The summed E-state index contributed by atoms with van der Waals surface area (Å²) in [6, 6.07) is 9.73. The SMILES string of the molecule is Cc1ccc(CN(CCCO)C(=O)c2ccnnc2)cc1. The normalized spacial score (nSPS) is 10.4. The van der Waals surface area contributed by atoms with Gasteiger partial charge in [-0.25, -0.2) is 0 Å². The van der Waals surface area contributed by atoms with Crippen molar-refractivity contribution < 1.29 is 9.90 Å². The number of amides is 1. The van der Waals surface area contributed by atoms with Gasteiger partial charge in [0.1, 0.15) is 0 Å². The Morgan fingerprint density at radius 2 is 1.95 bits per heavy atom. The Kier molecular flexibility index (Phi) is 5.40. The molecule has 2 rings (SSSR count). The highest BCUT2D eigenvalue weighted by molar-refractivity contribution is 5.93. The van der Waals surface area contributed by atoms with Crippen LogP contribution in [-0.2, 0) is 6.54 Å². The molecule has 1 amide bonds. The Morgan fingerprint density at radius 3 is 2.57 bits per heavy atom. The number of rotatable bonds is 6. The van der Waals surface area contributed by atoms with Crippen molar-refractivity contribution in [2.45, 2.75) is 19.9 Å². The minimum absolute atomic E-state index is 0.0618. The molecule has 110 valence electrons. The lowest BCUT2D eigenvalue weighted by Gasteiger charge is -2.22. The molecule has 0 radical (unpaired) electrons. The Bertz CT molecular complexity index is 570. The van der Waals surface area contributed by atoms with Crippen molar-refractivity contribution in [3.63, 3.8) is 0 Å². The largest absolute Gasteiger partial charge is 0.396 e. The van der Waals surface area contributed by atoms with Crippen LogP contribution in [0.3, 0.4) is 0 Å². The number of aliphatic hydroxyl groups is 1. The van der Waals surface area contributed by atoms with Crippen LogP contribution < -0.4 is 0 Å². The number of hydrogen-bond donors (Lipinski definition) is 1. The van der Waals surface area contributed by atoms with Crippen molar-refractivity contribution in [1.82, 2.24) is 15.1 Å². The second-order valence-corrected chi connectivity index (χ2v) is 4.92. The lowest BCUT2D eigenvalue weighted by Crippen LogP contribution is -2.32. The molecule has 1 N–H and O–H groups in total. The lowest BCUT2D eigenvalue weighted by atomic mass is 10.1. The van der Waals surface area contributed by atoms with Crippen molar-refractivity contribution in [2.24, 2.45) is 0 Å². The van der Waals surface area contributed by atoms with Gasteiger partial charge in [0.15, 0.2) is 0 Å². The summed E-state index contributed by atoms with van der Waals surface area (Å²) in [4.78, 5) is 14.2. The molecule has 1 aromatic carbocycles. The maximum Gasteiger partial charge on any atom is 0.255 e. The Morgan fingerprint density at radius 1 is 1.19 bits per heavy atom. The van der Waals surface area contributed by atoms with Crippen molar-refractivity contribution in [3.05, 3.63) is 59.4 Å². The molecule has 0 saturated carbocycles. The summed E-state index contributed by atoms with van der Waals surface area (Å²) in [6.07, 6.45) is 3.52. The van der Waals surface area contributed by atoms with Gasteiger partial charge in [0.2, 0.25) is 0 Å². The van der Waals surface area contributed by atoms with Crippen LogP contribution in [0.5, 0.6) is 0 Å². The van der Waals surface area contributed by atoms with Crippen molar-refractivity contribution >= 4 is 5.91 Å². The Hall–Kier alpha value is -2.27. The maximum atomic E-state index is 12.5. The zero-order valence-electron chi connectivity index (χ0n) is 12.1. The zero-order valence-corrected chi connectivity index (χ0v) is 12.1. The van der Waals surface area contributed by atoms with Gasteiger partial charge in [-0.3, -0.25) is 4.79 Å². The van der Waals surface area contributed by atoms with E-state index in [1.807, 2.05) is 31.2 Å². The van der Waals surface area contributed by atoms with Crippen molar-refractivity contribution in [3.8, 4) is 0 Å². The monoisotopic (exact) mass is 285 g/mol. The average Bonchev–Trinajstić information content (AvgIpc) is 2.53. The van der Waals surface area contributed by atoms with Crippen LogP contribution in [0.1, 0.15) is 27.9 Å². The minimum atomic E-state index is -0.0982. The van der Waals surface area contributed by atoms with E-state index in [-0.39, 0.29) is 12.5 Å². The highest BCUT2D eigenvalue weighted by Gasteiger charge is 2.16. The molecule has 1 aromatic heterocycles. The fourth-order valence-corrected chi connectivity index (χ4v) is 2.03. The van der Waals surface area contributed by atoms with E-state index in [1.54, 1.807) is 11.0 Å². The quantitative estimate of drug-likeness (QED) is 0.879. The first kappa shape index (κ1) is 15.1. The fourth-order valence-electron chi connectivity index (χ4n) is 2.03. The molecule has 0 atom stereocenters. The number of aliphatic hydroxyl groups excluding tert-OH is 1. The van der Waals surface area contributed by atoms with Crippen molar-refractivity contribution in [2.75, 3.05) is 13.2 Å². The first-order valence-electron chi connectivity index (χ1n) is 6.93. The molecule has 0 aliphatic heterocycles. The topological polar surface area (TPSA) is 66.3 Å². The number of carbonyl (C=O) groups excluding carboxylic acids is 1. The lowest BCUT2D eigenvalue weighted by molar-refractivity contribution is 0.0731. The van der Waals surface area contributed by atoms with Crippen LogP contribution in [0.2, 0.25) is 0 Å². The van der Waals surface area contributed by atoms with Crippen LogP contribution in [0, 0.1) is 6.92 Å². The molecule has 1 heterocycles. The Balaban J connectivity index is 2.14. The van der Waals surface area contributed by atoms with E-state index in [0.29, 0.717) is 25.1 Å². The second-order valence-electron chi connectivity index (χ2n) is 4.92. The second kappa shape index (κ2) is 7.50. The van der Waals surface area contributed by atoms with Crippen LogP contribution >= 0.6 is 0 Å². The van der Waals surface area contributed by atoms with Gasteiger partial charge in [0.05, 0.1) is 18.0 Å². The Labute approximate surface area is 124 Å². The highest BCUT2D eigenvalue weighted by Crippen LogP contribution is 2.11. The molecule has 5 nitrogen and oxygen atoms in total. The smallest absolute Gasteiger partial charge is 0.255 e. The summed E-state index contributed by atoms with van der Waals surface area (Å²) in [6.45, 7) is 3.11. The molecule has 21 heavy (non-hydrogen) atoms. The number of nitrogens with zero attached hydrogens (tertiary/aromatic N) is 3. The van der Waals surface area contributed by atoms with E-state index in [2.05, 4.69) is 10.2 Å². The van der Waals surface area contributed by atoms with E-state index in [9.17, 15) is 4.79 Å². The number of aromatic nitrogens is 2. The third kappa shape index (κ3) is 4.36. The van der Waals surface area contributed by atoms with E-state index in [1.165, 1.54) is 18.0 Å². The van der Waals surface area contributed by atoms with E-state index >= 15 is 0 Å². The predicted molar refractivity (Wildman–Crippen MR) is 79.7 cm³/mol. The number of hydrogen-bond acceptors (Lipinski definition) is 4. The third-order valence-electron chi connectivity index (χ3n) is 3.20. The standard InChI is InChI=1S/C16H19N3O2/c1-13-3-5-14(6-4-13)12-19(9-2-10-20)16(21)15-7-8-17-18-11-15/h3-8,11,20H,2,9-10,12H2,1H3. The van der Waals surface area contributed by atoms with Crippen LogP contribution in [0.25, 0.3) is 0 Å². The van der Waals surface area contributed by atoms with Gasteiger partial charge in [-0.15, -0.1) is 0 Å². The van der Waals surface area contributed by atoms with Gasteiger partial charge < -0.3 is 10.0 Å². The molecule has 0 bridgehead atoms. The van der Waals surface area contributed by atoms with E-state index in [4.69, 9.17) is 5.11 Å². The molecular weight excluding hydrogens is 266 g/mol. The van der Waals surface area contributed by atoms with Gasteiger partial charge in [-0.05, 0) is 25.0 Å². The molecule has 0 aliphatic rings. The molecule has 0 saturated heterocycles. The molecule has 5 heteroatoms. The first-order valence-corrected chi connectivity index (χ1v) is 6.93. The van der Waals surface area contributed by atoms with Crippen LogP contribution in [0.4, 0.5) is 0 Å². The molecular formula is C16H19N3O2. The third-order valence-corrected chi connectivity index (χ3v) is 3.20. The summed E-state index contributed by atoms with van der Waals surface area (Å²) in [5, 5.41) is 16.4. The van der Waals surface area contributed by atoms with Gasteiger partial charge in [-0.2, -0.15) is 10.2 Å². The predicted octanol–water partition coefficient (Wildman–Crippen LogP) is 1.81. The molecule has 2 aromatic rings. The zero-order chi connectivity index (χ0) is 15.1. The molecule has 0 unspecified atom stereocenters. The summed E-state index contributed by atoms with van der Waals surface area (Å²) in [7, 11) is 0. The van der Waals surface area contributed by atoms with E-state index in [0.717, 1.165) is 5.56 Å². The molecule has 0 aliphatic carbocycles. The first-order chi connectivity index (χ1) is 10.2. The molecule has 0 fully saturated rings. The van der Waals surface area contributed by atoms with Crippen molar-refractivity contribution in [1.29, 1.82) is 0 Å². The van der Waals surface area contributed by atoms with Gasteiger partial charge in [0, 0.05) is 19.7 Å². The summed E-state index contributed by atoms with van der Waals surface area (Å²) >= 11 is 0. The minimum Gasteiger partial charge on any atom is -0.396 e. The van der Waals surface area contributed by atoms with Gasteiger partial charge in [0.25, 0.3) is 5.91 Å². The summed E-state index contributed by atoms with van der Waals surface area (Å²) < 4.78 is 0. The average molecular weight is 285 g/mol. The van der Waals surface area contributed by atoms with E-state index < -0.39 is 0 Å². The number of aryl methyl sites for hydroxylation is 1. The summed E-state index contributed by atoms with van der Waals surface area (Å²) in [5.74, 6) is -0.0982.